The van der Waals surface area contributed by atoms with Gasteiger partial charge in [0.15, 0.2) is 0 Å². The Labute approximate surface area is 110 Å². The number of nitrogens with one attached hydrogen (secondary N) is 1. The van der Waals surface area contributed by atoms with Gasteiger partial charge < -0.3 is 14.9 Å². The van der Waals surface area contributed by atoms with Crippen molar-refractivity contribution in [1.29, 1.82) is 0 Å². The lowest BCUT2D eigenvalue weighted by Crippen LogP contribution is -2.06. The monoisotopic (exact) mass is 262 g/mol. The van der Waals surface area contributed by atoms with Gasteiger partial charge in [-0.2, -0.15) is 0 Å². The fraction of sp³-hybridized carbons (Fsp3) is 0.143. The molecule has 3 N–H and O–H groups in total. The molecule has 4 nitrogen and oxygen atoms in total. The molecule has 2 aromatic rings. The van der Waals surface area contributed by atoms with Crippen LogP contribution in [0.2, 0.25) is 0 Å². The molecule has 0 aliphatic rings. The first-order valence-electron chi connectivity index (χ1n) is 5.75. The number of hydrogen-bond acceptors (Lipinski definition) is 4. The van der Waals surface area contributed by atoms with Crippen molar-refractivity contribution < 1.29 is 13.9 Å². The summed E-state index contributed by atoms with van der Waals surface area (Å²) in [5.74, 6) is 6.22. The van der Waals surface area contributed by atoms with Crippen LogP contribution < -0.4 is 20.7 Å². The van der Waals surface area contributed by atoms with E-state index in [0.29, 0.717) is 17.1 Å². The fourth-order valence-corrected chi connectivity index (χ4v) is 1.67. The number of methoxy groups -OCH3 is 1. The molecule has 0 saturated carbocycles. The van der Waals surface area contributed by atoms with Gasteiger partial charge in [-0.1, -0.05) is 0 Å². The molecule has 0 saturated heterocycles. The highest BCUT2D eigenvalue weighted by Crippen LogP contribution is 2.22. The van der Waals surface area contributed by atoms with E-state index in [1.165, 1.54) is 12.1 Å². The van der Waals surface area contributed by atoms with E-state index in [1.54, 1.807) is 37.4 Å². The third kappa shape index (κ3) is 3.35. The van der Waals surface area contributed by atoms with Gasteiger partial charge in [-0.25, -0.2) is 4.39 Å². The first-order valence-corrected chi connectivity index (χ1v) is 5.75. The van der Waals surface area contributed by atoms with Crippen molar-refractivity contribution in [2.24, 2.45) is 5.84 Å². The molecule has 0 heterocycles. The van der Waals surface area contributed by atoms with Crippen molar-refractivity contribution >= 4 is 5.69 Å². The quantitative estimate of drug-likeness (QED) is 0.642. The molecule has 2 rings (SSSR count). The summed E-state index contributed by atoms with van der Waals surface area (Å²) < 4.78 is 23.9. The minimum Gasteiger partial charge on any atom is -0.496 e. The molecule has 5 heteroatoms. The molecular weight excluding hydrogens is 247 g/mol. The Bertz CT molecular complexity index is 544. The lowest BCUT2D eigenvalue weighted by atomic mass is 10.2. The first-order chi connectivity index (χ1) is 9.22. The van der Waals surface area contributed by atoms with Crippen molar-refractivity contribution in [3.05, 3.63) is 53.8 Å². The van der Waals surface area contributed by atoms with Crippen molar-refractivity contribution in [3.63, 3.8) is 0 Å². The molecule has 0 aliphatic carbocycles. The topological polar surface area (TPSA) is 56.5 Å². The van der Waals surface area contributed by atoms with Crippen LogP contribution in [-0.4, -0.2) is 7.11 Å². The number of anilines is 1. The van der Waals surface area contributed by atoms with Crippen LogP contribution in [0.25, 0.3) is 0 Å². The van der Waals surface area contributed by atoms with Crippen LogP contribution in [0.1, 0.15) is 5.56 Å². The van der Waals surface area contributed by atoms with E-state index in [0.717, 1.165) is 5.69 Å². The Balaban J connectivity index is 2.07. The minimum absolute atomic E-state index is 0.232. The zero-order valence-corrected chi connectivity index (χ0v) is 10.5. The minimum atomic E-state index is -0.318. The highest BCUT2D eigenvalue weighted by Gasteiger charge is 2.05. The second-order valence-electron chi connectivity index (χ2n) is 3.91. The van der Waals surface area contributed by atoms with E-state index >= 15 is 0 Å². The van der Waals surface area contributed by atoms with Crippen LogP contribution in [0, 0.1) is 5.82 Å². The highest BCUT2D eigenvalue weighted by molar-refractivity contribution is 5.45. The SMILES string of the molecule is COc1ccc(F)cc1COc1ccc(NN)cc1. The number of halogens is 1. The van der Waals surface area contributed by atoms with Crippen LogP contribution in [0.5, 0.6) is 11.5 Å². The number of hydrazine groups is 1. The molecule has 0 bridgehead atoms. The van der Waals surface area contributed by atoms with Gasteiger partial charge in [0.1, 0.15) is 23.9 Å². The molecule has 2 aromatic carbocycles. The van der Waals surface area contributed by atoms with E-state index in [1.807, 2.05) is 0 Å². The molecular formula is C14H15FN2O2. The summed E-state index contributed by atoms with van der Waals surface area (Å²) in [6, 6.07) is 11.5. The smallest absolute Gasteiger partial charge is 0.125 e. The molecule has 0 aromatic heterocycles. The van der Waals surface area contributed by atoms with E-state index < -0.39 is 0 Å². The average molecular weight is 262 g/mol. The third-order valence-electron chi connectivity index (χ3n) is 2.66. The number of rotatable bonds is 5. The van der Waals surface area contributed by atoms with Crippen LogP contribution in [0.3, 0.4) is 0 Å². The zero-order chi connectivity index (χ0) is 13.7. The lowest BCUT2D eigenvalue weighted by Gasteiger charge is -2.10. The highest BCUT2D eigenvalue weighted by atomic mass is 19.1. The summed E-state index contributed by atoms with van der Waals surface area (Å²) in [4.78, 5) is 0. The van der Waals surface area contributed by atoms with Crippen molar-refractivity contribution in [2.75, 3.05) is 12.5 Å². The summed E-state index contributed by atoms with van der Waals surface area (Å²) in [6.45, 7) is 0.232. The normalized spacial score (nSPS) is 10.1. The van der Waals surface area contributed by atoms with E-state index in [-0.39, 0.29) is 12.4 Å². The predicted molar refractivity (Wildman–Crippen MR) is 71.5 cm³/mol. The van der Waals surface area contributed by atoms with Crippen LogP contribution in [-0.2, 0) is 6.61 Å². The van der Waals surface area contributed by atoms with E-state index in [4.69, 9.17) is 15.3 Å². The zero-order valence-electron chi connectivity index (χ0n) is 10.5. The number of nitrogens with two attached hydrogens (primary N) is 1. The van der Waals surface area contributed by atoms with Gasteiger partial charge >= 0.3 is 0 Å². The summed E-state index contributed by atoms with van der Waals surface area (Å²) in [5, 5.41) is 0. The van der Waals surface area contributed by atoms with Crippen LogP contribution >= 0.6 is 0 Å². The van der Waals surface area contributed by atoms with Gasteiger partial charge in [0, 0.05) is 11.3 Å². The van der Waals surface area contributed by atoms with Crippen molar-refractivity contribution in [1.82, 2.24) is 0 Å². The molecule has 0 aliphatic heterocycles. The largest absolute Gasteiger partial charge is 0.496 e. The van der Waals surface area contributed by atoms with Crippen molar-refractivity contribution in [3.8, 4) is 11.5 Å². The molecule has 0 radical (unpaired) electrons. The molecule has 0 amide bonds. The summed E-state index contributed by atoms with van der Waals surface area (Å²) >= 11 is 0. The first kappa shape index (κ1) is 13.2. The van der Waals surface area contributed by atoms with Crippen LogP contribution in [0.4, 0.5) is 10.1 Å². The molecule has 0 fully saturated rings. The second-order valence-corrected chi connectivity index (χ2v) is 3.91. The Kier molecular flexibility index (Phi) is 4.20. The van der Waals surface area contributed by atoms with Crippen molar-refractivity contribution in [2.45, 2.75) is 6.61 Å². The average Bonchev–Trinajstić information content (AvgIpc) is 2.46. The lowest BCUT2D eigenvalue weighted by molar-refractivity contribution is 0.296. The molecule has 0 spiro atoms. The van der Waals surface area contributed by atoms with Gasteiger partial charge in [-0.3, -0.25) is 5.84 Å². The molecule has 100 valence electrons. The number of hydrogen-bond donors (Lipinski definition) is 2. The Hall–Kier alpha value is -2.27. The van der Waals surface area contributed by atoms with Gasteiger partial charge in [0.05, 0.1) is 7.11 Å². The summed E-state index contributed by atoms with van der Waals surface area (Å²) in [5.41, 5.74) is 3.97. The molecule has 0 unspecified atom stereocenters. The van der Waals surface area contributed by atoms with Gasteiger partial charge in [-0.15, -0.1) is 0 Å². The van der Waals surface area contributed by atoms with Gasteiger partial charge in [0.25, 0.3) is 0 Å². The number of ether oxygens (including phenoxy) is 2. The standard InChI is InChI=1S/C14H15FN2O2/c1-18-14-7-2-11(15)8-10(14)9-19-13-5-3-12(17-16)4-6-13/h2-8,17H,9,16H2,1H3. The summed E-state index contributed by atoms with van der Waals surface area (Å²) in [6.07, 6.45) is 0. The third-order valence-corrected chi connectivity index (χ3v) is 2.66. The van der Waals surface area contributed by atoms with Gasteiger partial charge in [0.2, 0.25) is 0 Å². The van der Waals surface area contributed by atoms with Gasteiger partial charge in [-0.05, 0) is 42.5 Å². The Morgan fingerprint density at radius 1 is 1.16 bits per heavy atom. The number of nitrogen functional groups attached to an aromatic ring is 1. The maximum absolute atomic E-state index is 13.2. The maximum atomic E-state index is 13.2. The Morgan fingerprint density at radius 3 is 2.53 bits per heavy atom. The molecule has 19 heavy (non-hydrogen) atoms. The maximum Gasteiger partial charge on any atom is 0.125 e. The summed E-state index contributed by atoms with van der Waals surface area (Å²) in [7, 11) is 1.54. The van der Waals surface area contributed by atoms with E-state index in [2.05, 4.69) is 5.43 Å². The fourth-order valence-electron chi connectivity index (χ4n) is 1.67. The molecule has 0 atom stereocenters. The predicted octanol–water partition coefficient (Wildman–Crippen LogP) is 2.70. The van der Waals surface area contributed by atoms with E-state index in [9.17, 15) is 4.39 Å². The van der Waals surface area contributed by atoms with Crippen LogP contribution in [0.15, 0.2) is 42.5 Å². The number of benzene rings is 2. The Morgan fingerprint density at radius 2 is 1.89 bits per heavy atom. The second kappa shape index (κ2) is 6.06.